The minimum atomic E-state index is 0.193. The highest BCUT2D eigenvalue weighted by atomic mass is 16.5. The molecular formula is C26H51N3O5+2. The molecule has 0 saturated heterocycles. The van der Waals surface area contributed by atoms with Crippen molar-refractivity contribution in [1.82, 2.24) is 0 Å². The van der Waals surface area contributed by atoms with Crippen LogP contribution in [-0.4, -0.2) is 139 Å². The molecule has 0 spiro atoms. The molecule has 0 aliphatic rings. The third-order valence-corrected chi connectivity index (χ3v) is 6.18. The Morgan fingerprint density at radius 3 is 1.65 bits per heavy atom. The summed E-state index contributed by atoms with van der Waals surface area (Å²) in [4.78, 5) is 2.34. The summed E-state index contributed by atoms with van der Waals surface area (Å²) in [5, 5.41) is 18.3. The average Bonchev–Trinajstić information content (AvgIpc) is 2.75. The Kier molecular flexibility index (Phi) is 14.9. The van der Waals surface area contributed by atoms with Crippen molar-refractivity contribution in [2.24, 2.45) is 0 Å². The van der Waals surface area contributed by atoms with Crippen LogP contribution >= 0.6 is 0 Å². The molecule has 0 amide bonds. The quantitative estimate of drug-likeness (QED) is 0.214. The number of ether oxygens (including phenoxy) is 3. The number of nitrogens with zero attached hydrogens (tertiary/aromatic N) is 3. The van der Waals surface area contributed by atoms with E-state index in [1.165, 1.54) is 16.8 Å². The van der Waals surface area contributed by atoms with Crippen LogP contribution in [0.4, 0.5) is 5.69 Å². The lowest BCUT2D eigenvalue weighted by Crippen LogP contribution is -2.44. The highest BCUT2D eigenvalue weighted by molar-refractivity contribution is 5.54. The maximum absolute atomic E-state index is 9.17. The van der Waals surface area contributed by atoms with Crippen LogP contribution in [0.1, 0.15) is 11.1 Å². The molecule has 0 aromatic heterocycles. The van der Waals surface area contributed by atoms with Crippen LogP contribution in [-0.2, 0) is 14.2 Å². The molecule has 0 heterocycles. The fourth-order valence-electron chi connectivity index (χ4n) is 3.57. The Morgan fingerprint density at radius 1 is 0.676 bits per heavy atom. The molecule has 2 N–H and O–H groups in total. The number of aryl methyl sites for hydroxylation is 2. The van der Waals surface area contributed by atoms with Crippen molar-refractivity contribution < 1.29 is 33.4 Å². The fraction of sp³-hybridized carbons (Fsp3) is 0.769. The van der Waals surface area contributed by atoms with E-state index in [1.807, 2.05) is 0 Å². The second-order valence-electron chi connectivity index (χ2n) is 10.3. The zero-order valence-electron chi connectivity index (χ0n) is 22.6. The molecule has 198 valence electrons. The number of anilines is 1. The van der Waals surface area contributed by atoms with Gasteiger partial charge < -0.3 is 38.3 Å². The SMILES string of the molecule is Cc1ccc(C)c(N(CCOCCOCC[N+](C)(C)CCO)CCOCC[N+](C)(C)CCO)c1. The Labute approximate surface area is 207 Å². The highest BCUT2D eigenvalue weighted by Crippen LogP contribution is 2.21. The smallest absolute Gasteiger partial charge is 0.102 e. The number of benzene rings is 1. The zero-order chi connectivity index (χ0) is 25.5. The molecule has 0 unspecified atom stereocenters. The summed E-state index contributed by atoms with van der Waals surface area (Å²) in [7, 11) is 8.41. The van der Waals surface area contributed by atoms with Gasteiger partial charge in [0.05, 0.1) is 81.0 Å². The van der Waals surface area contributed by atoms with E-state index in [9.17, 15) is 5.11 Å². The van der Waals surface area contributed by atoms with Crippen LogP contribution in [0.15, 0.2) is 18.2 Å². The lowest BCUT2D eigenvalue weighted by molar-refractivity contribution is -0.891. The van der Waals surface area contributed by atoms with Gasteiger partial charge in [0.15, 0.2) is 0 Å². The topological polar surface area (TPSA) is 71.4 Å². The molecule has 0 aliphatic heterocycles. The summed E-state index contributed by atoms with van der Waals surface area (Å²) >= 11 is 0. The number of aliphatic hydroxyl groups excluding tert-OH is 2. The maximum atomic E-state index is 9.17. The van der Waals surface area contributed by atoms with E-state index in [4.69, 9.17) is 19.3 Å². The van der Waals surface area contributed by atoms with Gasteiger partial charge in [0.1, 0.15) is 26.2 Å². The van der Waals surface area contributed by atoms with Gasteiger partial charge in [0.25, 0.3) is 0 Å². The lowest BCUT2D eigenvalue weighted by atomic mass is 10.1. The standard InChI is InChI=1S/C26H51N3O5/c1-24-7-8-25(2)26(23-24)27(9-17-32-19-13-28(3,4)11-15-30)10-18-33-21-22-34-20-14-29(5,6)12-16-31/h7-8,23,30-31H,9-22H2,1-6H3/q+2. The monoisotopic (exact) mass is 485 g/mol. The van der Waals surface area contributed by atoms with Gasteiger partial charge in [0, 0.05) is 18.8 Å². The van der Waals surface area contributed by atoms with Crippen LogP contribution in [0.3, 0.4) is 0 Å². The van der Waals surface area contributed by atoms with Crippen LogP contribution < -0.4 is 4.90 Å². The molecule has 34 heavy (non-hydrogen) atoms. The van der Waals surface area contributed by atoms with Crippen LogP contribution in [0.2, 0.25) is 0 Å². The summed E-state index contributed by atoms with van der Waals surface area (Å²) in [6.07, 6.45) is 0. The van der Waals surface area contributed by atoms with E-state index >= 15 is 0 Å². The van der Waals surface area contributed by atoms with Crippen LogP contribution in [0.5, 0.6) is 0 Å². The van der Waals surface area contributed by atoms with Gasteiger partial charge in [0.2, 0.25) is 0 Å². The Hall–Kier alpha value is -1.26. The van der Waals surface area contributed by atoms with Crippen molar-refractivity contribution in [2.45, 2.75) is 13.8 Å². The van der Waals surface area contributed by atoms with Crippen molar-refractivity contribution in [2.75, 3.05) is 125 Å². The molecule has 1 rings (SSSR count). The third-order valence-electron chi connectivity index (χ3n) is 6.18. The summed E-state index contributed by atoms with van der Waals surface area (Å²) < 4.78 is 19.0. The Balaban J connectivity index is 2.41. The molecule has 0 fully saturated rings. The van der Waals surface area contributed by atoms with E-state index in [0.29, 0.717) is 39.6 Å². The largest absolute Gasteiger partial charge is 0.391 e. The minimum Gasteiger partial charge on any atom is -0.391 e. The van der Waals surface area contributed by atoms with Gasteiger partial charge in [-0.15, -0.1) is 0 Å². The first kappa shape index (κ1) is 30.8. The molecule has 0 aliphatic carbocycles. The molecule has 0 radical (unpaired) electrons. The second kappa shape index (κ2) is 16.4. The van der Waals surface area contributed by atoms with E-state index in [1.54, 1.807) is 0 Å². The first-order chi connectivity index (χ1) is 16.1. The minimum absolute atomic E-state index is 0.193. The highest BCUT2D eigenvalue weighted by Gasteiger charge is 2.15. The summed E-state index contributed by atoms with van der Waals surface area (Å²) in [6, 6.07) is 6.54. The fourth-order valence-corrected chi connectivity index (χ4v) is 3.57. The summed E-state index contributed by atoms with van der Waals surface area (Å²) in [6.45, 7) is 13.2. The molecule has 0 atom stereocenters. The van der Waals surface area contributed by atoms with E-state index in [0.717, 1.165) is 48.2 Å². The van der Waals surface area contributed by atoms with Crippen molar-refractivity contribution >= 4 is 5.69 Å². The van der Waals surface area contributed by atoms with Gasteiger partial charge in [-0.25, -0.2) is 0 Å². The lowest BCUT2D eigenvalue weighted by Gasteiger charge is -2.29. The Morgan fingerprint density at radius 2 is 1.15 bits per heavy atom. The van der Waals surface area contributed by atoms with E-state index in [-0.39, 0.29) is 13.2 Å². The molecule has 1 aromatic rings. The number of likely N-dealkylation sites (N-methyl/N-ethyl adjacent to an activating group) is 2. The number of quaternary nitrogens is 2. The number of hydrogen-bond donors (Lipinski definition) is 2. The second-order valence-corrected chi connectivity index (χ2v) is 10.3. The normalized spacial score (nSPS) is 12.4. The van der Waals surface area contributed by atoms with E-state index in [2.05, 4.69) is 65.1 Å². The molecule has 1 aromatic carbocycles. The van der Waals surface area contributed by atoms with E-state index < -0.39 is 0 Å². The van der Waals surface area contributed by atoms with Gasteiger partial charge in [-0.3, -0.25) is 0 Å². The molecule has 0 bridgehead atoms. The zero-order valence-corrected chi connectivity index (χ0v) is 22.6. The van der Waals surface area contributed by atoms with Crippen molar-refractivity contribution in [1.29, 1.82) is 0 Å². The number of aliphatic hydroxyl groups is 2. The maximum Gasteiger partial charge on any atom is 0.102 e. The van der Waals surface area contributed by atoms with Gasteiger partial charge >= 0.3 is 0 Å². The van der Waals surface area contributed by atoms with Crippen molar-refractivity contribution in [3.8, 4) is 0 Å². The predicted molar refractivity (Wildman–Crippen MR) is 138 cm³/mol. The average molecular weight is 486 g/mol. The van der Waals surface area contributed by atoms with Gasteiger partial charge in [-0.05, 0) is 31.0 Å². The molecule has 8 heteroatoms. The van der Waals surface area contributed by atoms with Crippen molar-refractivity contribution in [3.05, 3.63) is 29.3 Å². The van der Waals surface area contributed by atoms with Crippen LogP contribution in [0.25, 0.3) is 0 Å². The first-order valence-electron chi connectivity index (χ1n) is 12.5. The third kappa shape index (κ3) is 13.6. The van der Waals surface area contributed by atoms with Crippen LogP contribution in [0, 0.1) is 13.8 Å². The molecular weight excluding hydrogens is 434 g/mol. The molecule has 8 nitrogen and oxygen atoms in total. The Bertz CT molecular complexity index is 670. The number of hydrogen-bond acceptors (Lipinski definition) is 6. The number of rotatable bonds is 20. The van der Waals surface area contributed by atoms with Gasteiger partial charge in [-0.1, -0.05) is 12.1 Å². The molecule has 0 saturated carbocycles. The first-order valence-corrected chi connectivity index (χ1v) is 12.5. The van der Waals surface area contributed by atoms with Gasteiger partial charge in [-0.2, -0.15) is 0 Å². The summed E-state index contributed by atoms with van der Waals surface area (Å²) in [5.41, 5.74) is 3.72. The summed E-state index contributed by atoms with van der Waals surface area (Å²) in [5.74, 6) is 0. The van der Waals surface area contributed by atoms with Crippen molar-refractivity contribution in [3.63, 3.8) is 0 Å². The predicted octanol–water partition coefficient (Wildman–Crippen LogP) is 1.30.